The number of hydrogen-bond acceptors (Lipinski definition) is 3. The normalized spacial score (nSPS) is 19.4. The second-order valence-electron chi connectivity index (χ2n) is 8.30. The van der Waals surface area contributed by atoms with Gasteiger partial charge in [-0.05, 0) is 61.5 Å². The predicted octanol–water partition coefficient (Wildman–Crippen LogP) is 3.61. The molecule has 154 valence electrons. The molecule has 0 radical (unpaired) electrons. The topological polar surface area (TPSA) is 47.6 Å². The number of nitrogens with zero attached hydrogens (tertiary/aromatic N) is 2. The molecule has 2 aliphatic heterocycles. The number of rotatable bonds is 7. The molecule has 5 heteroatoms. The summed E-state index contributed by atoms with van der Waals surface area (Å²) in [6, 6.07) is 19.0. The Bertz CT molecular complexity index is 788. The van der Waals surface area contributed by atoms with Gasteiger partial charge < -0.3 is 15.5 Å². The molecule has 2 saturated heterocycles. The van der Waals surface area contributed by atoms with E-state index in [4.69, 9.17) is 0 Å². The summed E-state index contributed by atoms with van der Waals surface area (Å²) in [5, 5.41) is 6.06. The van der Waals surface area contributed by atoms with E-state index in [-0.39, 0.29) is 6.03 Å². The lowest BCUT2D eigenvalue weighted by Crippen LogP contribution is -2.38. The minimum atomic E-state index is -0.0758. The molecular weight excluding hydrogens is 360 g/mol. The first-order valence-corrected chi connectivity index (χ1v) is 10.9. The summed E-state index contributed by atoms with van der Waals surface area (Å²) in [7, 11) is 0. The van der Waals surface area contributed by atoms with Gasteiger partial charge in [0.1, 0.15) is 0 Å². The standard InChI is InChI=1S/C24H32N4O/c29-24(26-17-22-11-14-28(19-22)23-9-2-1-3-10-23)25-16-20-7-6-8-21(15-20)18-27-12-4-5-13-27/h1-3,6-10,15,22H,4-5,11-14,16-19H2,(H2,25,26,29)/t22-/m0/s1. The van der Waals surface area contributed by atoms with Gasteiger partial charge in [0, 0.05) is 38.4 Å². The van der Waals surface area contributed by atoms with Crippen molar-refractivity contribution in [1.29, 1.82) is 0 Å². The number of amides is 2. The van der Waals surface area contributed by atoms with E-state index >= 15 is 0 Å². The highest BCUT2D eigenvalue weighted by Crippen LogP contribution is 2.22. The average Bonchev–Trinajstić information content (AvgIpc) is 3.44. The van der Waals surface area contributed by atoms with Crippen molar-refractivity contribution in [2.24, 2.45) is 5.92 Å². The van der Waals surface area contributed by atoms with Crippen LogP contribution in [0.15, 0.2) is 54.6 Å². The molecule has 1 atom stereocenters. The van der Waals surface area contributed by atoms with Gasteiger partial charge >= 0.3 is 6.03 Å². The maximum absolute atomic E-state index is 12.2. The summed E-state index contributed by atoms with van der Waals surface area (Å²) in [4.78, 5) is 17.1. The fourth-order valence-corrected chi connectivity index (χ4v) is 4.39. The lowest BCUT2D eigenvalue weighted by atomic mass is 10.1. The molecule has 4 rings (SSSR count). The zero-order chi connectivity index (χ0) is 19.9. The monoisotopic (exact) mass is 392 g/mol. The second-order valence-corrected chi connectivity index (χ2v) is 8.30. The van der Waals surface area contributed by atoms with Crippen molar-refractivity contribution in [3.63, 3.8) is 0 Å². The molecule has 0 saturated carbocycles. The Morgan fingerprint density at radius 1 is 0.931 bits per heavy atom. The summed E-state index contributed by atoms with van der Waals surface area (Å²) in [5.74, 6) is 0.504. The second kappa shape index (κ2) is 9.79. The molecule has 0 aromatic heterocycles. The lowest BCUT2D eigenvalue weighted by Gasteiger charge is -2.18. The van der Waals surface area contributed by atoms with Crippen LogP contribution < -0.4 is 15.5 Å². The lowest BCUT2D eigenvalue weighted by molar-refractivity contribution is 0.239. The van der Waals surface area contributed by atoms with Gasteiger partial charge in [-0.1, -0.05) is 42.5 Å². The van der Waals surface area contributed by atoms with Crippen LogP contribution in [0.25, 0.3) is 0 Å². The zero-order valence-corrected chi connectivity index (χ0v) is 17.1. The van der Waals surface area contributed by atoms with Crippen LogP contribution in [0.2, 0.25) is 0 Å². The maximum atomic E-state index is 12.2. The van der Waals surface area contributed by atoms with E-state index in [1.54, 1.807) is 0 Å². The number of carbonyl (C=O) groups excluding carboxylic acids is 1. The quantitative estimate of drug-likeness (QED) is 0.757. The van der Waals surface area contributed by atoms with Crippen molar-refractivity contribution in [2.75, 3.05) is 37.6 Å². The molecule has 0 spiro atoms. The van der Waals surface area contributed by atoms with Gasteiger partial charge in [-0.3, -0.25) is 4.90 Å². The van der Waals surface area contributed by atoms with Gasteiger partial charge in [0.2, 0.25) is 0 Å². The first-order valence-electron chi connectivity index (χ1n) is 10.9. The Hall–Kier alpha value is -2.53. The van der Waals surface area contributed by atoms with E-state index in [1.807, 2.05) is 6.07 Å². The molecule has 5 nitrogen and oxygen atoms in total. The van der Waals surface area contributed by atoms with Gasteiger partial charge in [0.05, 0.1) is 0 Å². The smallest absolute Gasteiger partial charge is 0.315 e. The molecule has 0 bridgehead atoms. The summed E-state index contributed by atoms with van der Waals surface area (Å²) in [6.07, 6.45) is 3.74. The van der Waals surface area contributed by atoms with Crippen LogP contribution in [0.3, 0.4) is 0 Å². The first kappa shape index (κ1) is 19.8. The molecule has 0 aliphatic carbocycles. The Morgan fingerprint density at radius 3 is 2.55 bits per heavy atom. The summed E-state index contributed by atoms with van der Waals surface area (Å²) in [5.41, 5.74) is 3.76. The van der Waals surface area contributed by atoms with Crippen LogP contribution in [0.4, 0.5) is 10.5 Å². The van der Waals surface area contributed by atoms with E-state index in [0.29, 0.717) is 12.5 Å². The molecule has 2 aromatic carbocycles. The van der Waals surface area contributed by atoms with Gasteiger partial charge in [0.25, 0.3) is 0 Å². The predicted molar refractivity (Wildman–Crippen MR) is 118 cm³/mol. The molecule has 2 heterocycles. The Labute approximate surface area is 174 Å². The van der Waals surface area contributed by atoms with Gasteiger partial charge in [-0.25, -0.2) is 4.79 Å². The molecule has 2 N–H and O–H groups in total. The van der Waals surface area contributed by atoms with E-state index in [1.165, 1.54) is 37.2 Å². The number of hydrogen-bond donors (Lipinski definition) is 2. The number of urea groups is 1. The molecule has 0 unspecified atom stereocenters. The molecule has 2 aromatic rings. The number of anilines is 1. The summed E-state index contributed by atoms with van der Waals surface area (Å²) >= 11 is 0. The van der Waals surface area contributed by atoms with Gasteiger partial charge in [-0.15, -0.1) is 0 Å². The largest absolute Gasteiger partial charge is 0.371 e. The third kappa shape index (κ3) is 5.73. The van der Waals surface area contributed by atoms with Crippen molar-refractivity contribution in [3.05, 3.63) is 65.7 Å². The maximum Gasteiger partial charge on any atom is 0.315 e. The van der Waals surface area contributed by atoms with Crippen molar-refractivity contribution in [1.82, 2.24) is 15.5 Å². The highest BCUT2D eigenvalue weighted by atomic mass is 16.2. The molecule has 29 heavy (non-hydrogen) atoms. The highest BCUT2D eigenvalue weighted by Gasteiger charge is 2.22. The number of carbonyl (C=O) groups is 1. The SMILES string of the molecule is O=C(NCc1cccc(CN2CCCC2)c1)NC[C@@H]1CCN(c2ccccc2)C1. The van der Waals surface area contributed by atoms with Crippen LogP contribution in [0.5, 0.6) is 0 Å². The van der Waals surface area contributed by atoms with Crippen LogP contribution in [0, 0.1) is 5.92 Å². The summed E-state index contributed by atoms with van der Waals surface area (Å²) < 4.78 is 0. The zero-order valence-electron chi connectivity index (χ0n) is 17.1. The molecule has 2 aliphatic rings. The molecular formula is C24H32N4O. The van der Waals surface area contributed by atoms with Gasteiger partial charge in [0.15, 0.2) is 0 Å². The average molecular weight is 393 g/mol. The van der Waals surface area contributed by atoms with Crippen molar-refractivity contribution < 1.29 is 4.79 Å². The number of benzene rings is 2. The van der Waals surface area contributed by atoms with Crippen LogP contribution in [-0.2, 0) is 13.1 Å². The molecule has 2 amide bonds. The minimum absolute atomic E-state index is 0.0758. The van der Waals surface area contributed by atoms with Crippen LogP contribution >= 0.6 is 0 Å². The minimum Gasteiger partial charge on any atom is -0.371 e. The fourth-order valence-electron chi connectivity index (χ4n) is 4.39. The van der Waals surface area contributed by atoms with E-state index in [9.17, 15) is 4.79 Å². The molecule has 2 fully saturated rings. The van der Waals surface area contributed by atoms with Crippen molar-refractivity contribution in [2.45, 2.75) is 32.4 Å². The van der Waals surface area contributed by atoms with Crippen LogP contribution in [0.1, 0.15) is 30.4 Å². The van der Waals surface area contributed by atoms with Crippen molar-refractivity contribution in [3.8, 4) is 0 Å². The van der Waals surface area contributed by atoms with E-state index in [0.717, 1.165) is 38.2 Å². The first-order chi connectivity index (χ1) is 14.3. The van der Waals surface area contributed by atoms with Crippen molar-refractivity contribution >= 4 is 11.7 Å². The van der Waals surface area contributed by atoms with Gasteiger partial charge in [-0.2, -0.15) is 0 Å². The Balaban J connectivity index is 1.18. The number of nitrogens with one attached hydrogen (secondary N) is 2. The third-order valence-corrected chi connectivity index (χ3v) is 6.01. The Morgan fingerprint density at radius 2 is 1.72 bits per heavy atom. The third-order valence-electron chi connectivity index (χ3n) is 6.01. The van der Waals surface area contributed by atoms with E-state index in [2.05, 4.69) is 69.0 Å². The number of likely N-dealkylation sites (tertiary alicyclic amines) is 1. The summed E-state index contributed by atoms with van der Waals surface area (Å²) in [6.45, 7) is 6.77. The highest BCUT2D eigenvalue weighted by molar-refractivity contribution is 5.73. The Kier molecular flexibility index (Phi) is 6.67. The van der Waals surface area contributed by atoms with Crippen LogP contribution in [-0.4, -0.2) is 43.7 Å². The van der Waals surface area contributed by atoms with E-state index < -0.39 is 0 Å². The number of para-hydroxylation sites is 1. The fraction of sp³-hybridized carbons (Fsp3) is 0.458.